The summed E-state index contributed by atoms with van der Waals surface area (Å²) in [6.45, 7) is 0. The molecule has 0 saturated heterocycles. The Labute approximate surface area is 107 Å². The largest absolute Gasteiger partial charge is 0.206 e. The van der Waals surface area contributed by atoms with E-state index in [1.54, 1.807) is 6.08 Å². The molecule has 17 heavy (non-hydrogen) atoms. The second kappa shape index (κ2) is 5.23. The highest BCUT2D eigenvalue weighted by atomic mass is 79.9. The predicted octanol–water partition coefficient (Wildman–Crippen LogP) is 4.90. The summed E-state index contributed by atoms with van der Waals surface area (Å²) in [5.74, 6) is -1.11. The molecule has 0 amide bonds. The van der Waals surface area contributed by atoms with Crippen LogP contribution < -0.4 is 0 Å². The van der Waals surface area contributed by atoms with Crippen molar-refractivity contribution < 1.29 is 8.78 Å². The van der Waals surface area contributed by atoms with Gasteiger partial charge in [0.25, 0.3) is 0 Å². The van der Waals surface area contributed by atoms with Crippen LogP contribution in [0.3, 0.4) is 0 Å². The Bertz CT molecular complexity index is 524. The zero-order valence-electron chi connectivity index (χ0n) is 8.83. The van der Waals surface area contributed by atoms with Crippen LogP contribution in [-0.4, -0.2) is 0 Å². The van der Waals surface area contributed by atoms with E-state index < -0.39 is 11.6 Å². The second-order valence-corrected chi connectivity index (χ2v) is 4.44. The van der Waals surface area contributed by atoms with Crippen molar-refractivity contribution >= 4 is 28.1 Å². The van der Waals surface area contributed by atoms with E-state index in [1.165, 1.54) is 24.3 Å². The van der Waals surface area contributed by atoms with Crippen LogP contribution in [0, 0.1) is 11.6 Å². The van der Waals surface area contributed by atoms with Crippen molar-refractivity contribution in [3.05, 3.63) is 69.7 Å². The predicted molar refractivity (Wildman–Crippen MR) is 69.4 cm³/mol. The first-order chi connectivity index (χ1) is 8.16. The molecule has 0 spiro atoms. The first-order valence-electron chi connectivity index (χ1n) is 5.04. The van der Waals surface area contributed by atoms with Gasteiger partial charge in [0.05, 0.1) is 0 Å². The number of rotatable bonds is 2. The minimum absolute atomic E-state index is 0.0181. The molecule has 3 heteroatoms. The van der Waals surface area contributed by atoms with E-state index in [2.05, 4.69) is 15.9 Å². The van der Waals surface area contributed by atoms with Crippen LogP contribution >= 0.6 is 15.9 Å². The quantitative estimate of drug-likeness (QED) is 0.691. The first kappa shape index (κ1) is 12.0. The lowest BCUT2D eigenvalue weighted by Crippen LogP contribution is -1.86. The summed E-state index contributed by atoms with van der Waals surface area (Å²) in [5, 5.41) is 0. The number of hydrogen-bond donors (Lipinski definition) is 0. The Hall–Kier alpha value is -1.48. The van der Waals surface area contributed by atoms with Gasteiger partial charge in [0.1, 0.15) is 11.6 Å². The van der Waals surface area contributed by atoms with Crippen LogP contribution in [0.4, 0.5) is 8.78 Å². The number of halogens is 3. The molecule has 0 aliphatic carbocycles. The minimum atomic E-state index is -0.557. The van der Waals surface area contributed by atoms with Crippen molar-refractivity contribution in [1.29, 1.82) is 0 Å². The van der Waals surface area contributed by atoms with Crippen molar-refractivity contribution in [3.8, 4) is 0 Å². The fraction of sp³-hybridized carbons (Fsp3) is 0. The standard InChI is InChI=1S/C14H9BrF2/c15-11-7-4-10(5-8-11)6-9-12-13(16)2-1-3-14(12)17/h1-9H. The zero-order chi connectivity index (χ0) is 12.3. The Morgan fingerprint density at radius 1 is 0.824 bits per heavy atom. The SMILES string of the molecule is Fc1cccc(F)c1C=Cc1ccc(Br)cc1. The smallest absolute Gasteiger partial charge is 0.133 e. The first-order valence-corrected chi connectivity index (χ1v) is 5.84. The van der Waals surface area contributed by atoms with Crippen LogP contribution in [0.1, 0.15) is 11.1 Å². The highest BCUT2D eigenvalue weighted by molar-refractivity contribution is 9.10. The summed E-state index contributed by atoms with van der Waals surface area (Å²) >= 11 is 3.32. The van der Waals surface area contributed by atoms with Gasteiger partial charge < -0.3 is 0 Å². The Morgan fingerprint density at radius 3 is 2.00 bits per heavy atom. The van der Waals surface area contributed by atoms with Gasteiger partial charge in [-0.2, -0.15) is 0 Å². The Kier molecular flexibility index (Phi) is 3.69. The second-order valence-electron chi connectivity index (χ2n) is 3.52. The summed E-state index contributed by atoms with van der Waals surface area (Å²) in [7, 11) is 0. The van der Waals surface area contributed by atoms with Crippen LogP contribution in [0.25, 0.3) is 12.2 Å². The van der Waals surface area contributed by atoms with Gasteiger partial charge in [-0.15, -0.1) is 0 Å². The van der Waals surface area contributed by atoms with Crippen LogP contribution in [-0.2, 0) is 0 Å². The molecule has 2 aromatic carbocycles. The van der Waals surface area contributed by atoms with Crippen molar-refractivity contribution in [1.82, 2.24) is 0 Å². The number of benzene rings is 2. The molecule has 0 aliphatic rings. The van der Waals surface area contributed by atoms with Crippen molar-refractivity contribution in [2.45, 2.75) is 0 Å². The number of hydrogen-bond acceptors (Lipinski definition) is 0. The van der Waals surface area contributed by atoms with E-state index in [-0.39, 0.29) is 5.56 Å². The van der Waals surface area contributed by atoms with Gasteiger partial charge in [0.15, 0.2) is 0 Å². The molecule has 0 unspecified atom stereocenters. The van der Waals surface area contributed by atoms with E-state index in [0.29, 0.717) is 0 Å². The van der Waals surface area contributed by atoms with Gasteiger partial charge >= 0.3 is 0 Å². The van der Waals surface area contributed by atoms with Gasteiger partial charge in [0.2, 0.25) is 0 Å². The molecule has 86 valence electrons. The summed E-state index contributed by atoms with van der Waals surface area (Å²) < 4.78 is 27.6. The molecule has 0 bridgehead atoms. The van der Waals surface area contributed by atoms with Crippen LogP contribution in [0.15, 0.2) is 46.9 Å². The average molecular weight is 295 g/mol. The molecular weight excluding hydrogens is 286 g/mol. The van der Waals surface area contributed by atoms with Gasteiger partial charge in [-0.1, -0.05) is 40.2 Å². The fourth-order valence-electron chi connectivity index (χ4n) is 1.42. The third-order valence-electron chi connectivity index (χ3n) is 2.31. The molecule has 0 aromatic heterocycles. The Morgan fingerprint density at radius 2 is 1.41 bits per heavy atom. The molecule has 0 nitrogen and oxygen atoms in total. The molecule has 2 rings (SSSR count). The fourth-order valence-corrected chi connectivity index (χ4v) is 1.69. The van der Waals surface area contributed by atoms with E-state index >= 15 is 0 Å². The molecule has 0 atom stereocenters. The molecule has 0 aliphatic heterocycles. The molecular formula is C14H9BrF2. The molecule has 0 N–H and O–H groups in total. The maximum absolute atomic E-state index is 13.3. The van der Waals surface area contributed by atoms with E-state index in [1.807, 2.05) is 24.3 Å². The van der Waals surface area contributed by atoms with E-state index in [9.17, 15) is 8.78 Å². The molecule has 0 fully saturated rings. The molecule has 0 heterocycles. The van der Waals surface area contributed by atoms with Gasteiger partial charge in [0, 0.05) is 10.0 Å². The Balaban J connectivity index is 2.29. The topological polar surface area (TPSA) is 0 Å². The average Bonchev–Trinajstić information content (AvgIpc) is 2.31. The molecule has 0 radical (unpaired) electrons. The maximum atomic E-state index is 13.3. The van der Waals surface area contributed by atoms with Gasteiger partial charge in [-0.3, -0.25) is 0 Å². The van der Waals surface area contributed by atoms with Crippen molar-refractivity contribution in [3.63, 3.8) is 0 Å². The molecule has 0 saturated carbocycles. The summed E-state index contributed by atoms with van der Waals surface area (Å²) in [4.78, 5) is 0. The molecule has 2 aromatic rings. The van der Waals surface area contributed by atoms with Crippen LogP contribution in [0.2, 0.25) is 0 Å². The summed E-state index contributed by atoms with van der Waals surface area (Å²) in [6.07, 6.45) is 3.11. The van der Waals surface area contributed by atoms with Crippen molar-refractivity contribution in [2.75, 3.05) is 0 Å². The van der Waals surface area contributed by atoms with Crippen molar-refractivity contribution in [2.24, 2.45) is 0 Å². The maximum Gasteiger partial charge on any atom is 0.133 e. The third kappa shape index (κ3) is 3.01. The lowest BCUT2D eigenvalue weighted by atomic mass is 10.1. The summed E-state index contributed by atoms with van der Waals surface area (Å²) in [6, 6.07) is 11.3. The normalized spacial score (nSPS) is 11.0. The highest BCUT2D eigenvalue weighted by Gasteiger charge is 2.03. The minimum Gasteiger partial charge on any atom is -0.206 e. The van der Waals surface area contributed by atoms with E-state index in [0.717, 1.165) is 10.0 Å². The summed E-state index contributed by atoms with van der Waals surface area (Å²) in [5.41, 5.74) is 0.867. The van der Waals surface area contributed by atoms with Gasteiger partial charge in [-0.25, -0.2) is 8.78 Å². The highest BCUT2D eigenvalue weighted by Crippen LogP contribution is 2.17. The third-order valence-corrected chi connectivity index (χ3v) is 2.84. The lowest BCUT2D eigenvalue weighted by Gasteiger charge is -1.98. The van der Waals surface area contributed by atoms with Crippen LogP contribution in [0.5, 0.6) is 0 Å². The van der Waals surface area contributed by atoms with E-state index in [4.69, 9.17) is 0 Å². The van der Waals surface area contributed by atoms with Gasteiger partial charge in [-0.05, 0) is 35.9 Å². The lowest BCUT2D eigenvalue weighted by molar-refractivity contribution is 0.579. The monoisotopic (exact) mass is 294 g/mol. The zero-order valence-corrected chi connectivity index (χ0v) is 10.4.